The van der Waals surface area contributed by atoms with Gasteiger partial charge in [0, 0.05) is 0 Å². The number of hydrogen-bond acceptors (Lipinski definition) is 3. The molecule has 0 bridgehead atoms. The summed E-state index contributed by atoms with van der Waals surface area (Å²) < 4.78 is 11.3. The first-order valence-electron chi connectivity index (χ1n) is 4.75. The Morgan fingerprint density at radius 2 is 1.75 bits per heavy atom. The van der Waals surface area contributed by atoms with E-state index in [0.717, 1.165) is 0 Å². The van der Waals surface area contributed by atoms with Crippen molar-refractivity contribution in [2.24, 2.45) is 5.92 Å². The number of aliphatic carboxylic acids is 2. The van der Waals surface area contributed by atoms with Gasteiger partial charge in [-0.3, -0.25) is 14.2 Å². The molecule has 2 unspecified atom stereocenters. The lowest BCUT2D eigenvalue weighted by Crippen LogP contribution is -2.50. The second-order valence-electron chi connectivity index (χ2n) is 3.91. The highest BCUT2D eigenvalue weighted by atomic mass is 31.2. The third-order valence-electron chi connectivity index (χ3n) is 3.07. The number of rotatable bonds is 3. The molecule has 1 fully saturated rings. The van der Waals surface area contributed by atoms with Crippen molar-refractivity contribution < 1.29 is 34.2 Å². The molecular formula is C8H13O7P. The van der Waals surface area contributed by atoms with E-state index in [0.29, 0.717) is 12.8 Å². The minimum Gasteiger partial charge on any atom is -0.481 e. The summed E-state index contributed by atoms with van der Waals surface area (Å²) in [5.74, 6) is -4.72. The van der Waals surface area contributed by atoms with Gasteiger partial charge in [-0.15, -0.1) is 0 Å². The molecule has 0 aromatic heterocycles. The van der Waals surface area contributed by atoms with Crippen LogP contribution in [0.25, 0.3) is 0 Å². The monoisotopic (exact) mass is 252 g/mol. The Morgan fingerprint density at radius 1 is 1.19 bits per heavy atom. The van der Waals surface area contributed by atoms with Crippen LogP contribution < -0.4 is 0 Å². The number of hydrogen-bond donors (Lipinski definition) is 4. The minimum atomic E-state index is -5.02. The van der Waals surface area contributed by atoms with E-state index in [2.05, 4.69) is 0 Å². The zero-order valence-corrected chi connectivity index (χ0v) is 9.26. The van der Waals surface area contributed by atoms with Crippen LogP contribution in [-0.2, 0) is 14.2 Å². The molecule has 1 aliphatic carbocycles. The Balaban J connectivity index is 3.30. The summed E-state index contributed by atoms with van der Waals surface area (Å²) in [5.41, 5.74) is 0. The Bertz CT molecular complexity index is 359. The van der Waals surface area contributed by atoms with Crippen molar-refractivity contribution in [1.29, 1.82) is 0 Å². The predicted octanol–water partition coefficient (Wildman–Crippen LogP) is 0.262. The van der Waals surface area contributed by atoms with E-state index in [9.17, 15) is 14.2 Å². The van der Waals surface area contributed by atoms with Gasteiger partial charge in [0.05, 0.1) is 5.92 Å². The first kappa shape index (κ1) is 13.2. The highest BCUT2D eigenvalue weighted by molar-refractivity contribution is 7.54. The fourth-order valence-corrected chi connectivity index (χ4v) is 3.56. The van der Waals surface area contributed by atoms with Crippen LogP contribution in [0.3, 0.4) is 0 Å². The van der Waals surface area contributed by atoms with E-state index in [1.165, 1.54) is 0 Å². The average molecular weight is 252 g/mol. The zero-order valence-electron chi connectivity index (χ0n) is 8.37. The molecule has 16 heavy (non-hydrogen) atoms. The molecule has 8 heteroatoms. The lowest BCUT2D eigenvalue weighted by Gasteiger charge is -2.38. The molecule has 0 saturated heterocycles. The zero-order chi connectivity index (χ0) is 12.6. The smallest absolute Gasteiger partial charge is 0.343 e. The lowest BCUT2D eigenvalue weighted by atomic mass is 9.78. The Morgan fingerprint density at radius 3 is 2.06 bits per heavy atom. The van der Waals surface area contributed by atoms with E-state index in [-0.39, 0.29) is 12.8 Å². The van der Waals surface area contributed by atoms with Crippen LogP contribution in [-0.4, -0.2) is 37.1 Å². The maximum absolute atomic E-state index is 11.3. The second-order valence-corrected chi connectivity index (χ2v) is 5.80. The summed E-state index contributed by atoms with van der Waals surface area (Å²) in [4.78, 5) is 40.3. The fraction of sp³-hybridized carbons (Fsp3) is 0.750. The molecule has 92 valence electrons. The molecule has 1 rings (SSSR count). The third kappa shape index (κ3) is 1.86. The summed E-state index contributed by atoms with van der Waals surface area (Å²) in [6, 6.07) is 0. The van der Waals surface area contributed by atoms with Gasteiger partial charge in [-0.2, -0.15) is 0 Å². The number of carbonyl (C=O) groups is 2. The molecule has 1 saturated carbocycles. The van der Waals surface area contributed by atoms with E-state index in [1.54, 1.807) is 0 Å². The molecular weight excluding hydrogens is 239 g/mol. The summed E-state index contributed by atoms with van der Waals surface area (Å²) in [6.07, 6.45) is 0.448. The van der Waals surface area contributed by atoms with Crippen molar-refractivity contribution in [3.8, 4) is 0 Å². The molecule has 0 radical (unpaired) electrons. The van der Waals surface area contributed by atoms with Gasteiger partial charge in [-0.1, -0.05) is 12.8 Å². The Kier molecular flexibility index (Phi) is 3.42. The quantitative estimate of drug-likeness (QED) is 0.529. The van der Waals surface area contributed by atoms with Crippen LogP contribution >= 0.6 is 7.60 Å². The molecule has 2 atom stereocenters. The summed E-state index contributed by atoms with van der Waals surface area (Å²) in [6.45, 7) is 0. The van der Waals surface area contributed by atoms with E-state index >= 15 is 0 Å². The van der Waals surface area contributed by atoms with Gasteiger partial charge in [0.25, 0.3) is 0 Å². The van der Waals surface area contributed by atoms with Crippen LogP contribution in [0.5, 0.6) is 0 Å². The second kappa shape index (κ2) is 4.16. The minimum absolute atomic E-state index is 0.0211. The standard InChI is InChI=1S/C8H13O7P/c9-6(10)5-3-1-2-4-8(5,7(11)12)16(13,14)15/h5H,1-4H2,(H,9,10)(H,11,12)(H2,13,14,15). The third-order valence-corrected chi connectivity index (χ3v) is 4.83. The number of carboxylic acid groups (broad SMARTS) is 2. The molecule has 7 nitrogen and oxygen atoms in total. The van der Waals surface area contributed by atoms with Gasteiger partial charge in [-0.25, -0.2) is 0 Å². The van der Waals surface area contributed by atoms with Crippen molar-refractivity contribution in [3.63, 3.8) is 0 Å². The van der Waals surface area contributed by atoms with Crippen molar-refractivity contribution in [2.45, 2.75) is 30.8 Å². The molecule has 0 aromatic rings. The lowest BCUT2D eigenvalue weighted by molar-refractivity contribution is -0.154. The van der Waals surface area contributed by atoms with Crippen molar-refractivity contribution >= 4 is 19.5 Å². The van der Waals surface area contributed by atoms with Crippen molar-refractivity contribution in [3.05, 3.63) is 0 Å². The molecule has 4 N–H and O–H groups in total. The van der Waals surface area contributed by atoms with Crippen LogP contribution in [0.4, 0.5) is 0 Å². The molecule has 1 aliphatic rings. The molecule has 0 aliphatic heterocycles. The molecule has 0 spiro atoms. The normalized spacial score (nSPS) is 31.0. The largest absolute Gasteiger partial charge is 0.481 e. The van der Waals surface area contributed by atoms with E-state index < -0.39 is 30.6 Å². The van der Waals surface area contributed by atoms with Crippen LogP contribution in [0.15, 0.2) is 0 Å². The maximum Gasteiger partial charge on any atom is 0.343 e. The van der Waals surface area contributed by atoms with Crippen molar-refractivity contribution in [1.82, 2.24) is 0 Å². The first-order valence-corrected chi connectivity index (χ1v) is 6.36. The fourth-order valence-electron chi connectivity index (χ4n) is 2.21. The van der Waals surface area contributed by atoms with Gasteiger partial charge >= 0.3 is 19.5 Å². The summed E-state index contributed by atoms with van der Waals surface area (Å²) in [5, 5.41) is 15.4. The highest BCUT2D eigenvalue weighted by Gasteiger charge is 2.62. The number of carboxylic acids is 2. The van der Waals surface area contributed by atoms with Crippen LogP contribution in [0.2, 0.25) is 0 Å². The van der Waals surface area contributed by atoms with Crippen LogP contribution in [0, 0.1) is 5.92 Å². The van der Waals surface area contributed by atoms with Gasteiger partial charge < -0.3 is 20.0 Å². The Hall–Kier alpha value is -0.910. The van der Waals surface area contributed by atoms with E-state index in [1.807, 2.05) is 0 Å². The first-order chi connectivity index (χ1) is 7.23. The average Bonchev–Trinajstić information content (AvgIpc) is 2.15. The summed E-state index contributed by atoms with van der Waals surface area (Å²) >= 11 is 0. The van der Waals surface area contributed by atoms with Gasteiger partial charge in [0.2, 0.25) is 0 Å². The molecule has 0 heterocycles. The highest BCUT2D eigenvalue weighted by Crippen LogP contribution is 2.60. The Labute approximate surface area is 91.3 Å². The topological polar surface area (TPSA) is 132 Å². The maximum atomic E-state index is 11.3. The molecule has 0 amide bonds. The SMILES string of the molecule is O=C(O)C1CCCCC1(C(=O)O)P(=O)(O)O. The predicted molar refractivity (Wildman–Crippen MR) is 52.0 cm³/mol. The molecule has 0 aromatic carbocycles. The van der Waals surface area contributed by atoms with Gasteiger partial charge in [0.15, 0.2) is 5.16 Å². The van der Waals surface area contributed by atoms with Gasteiger partial charge in [-0.05, 0) is 12.8 Å². The van der Waals surface area contributed by atoms with Crippen LogP contribution in [0.1, 0.15) is 25.7 Å². The van der Waals surface area contributed by atoms with Crippen molar-refractivity contribution in [2.75, 3.05) is 0 Å². The van der Waals surface area contributed by atoms with Gasteiger partial charge in [0.1, 0.15) is 0 Å². The summed E-state index contributed by atoms with van der Waals surface area (Å²) in [7, 11) is -5.02. The van der Waals surface area contributed by atoms with E-state index in [4.69, 9.17) is 20.0 Å².